The average Bonchev–Trinajstić information content (AvgIpc) is 2.69. The summed E-state index contributed by atoms with van der Waals surface area (Å²) in [6, 6.07) is 5.62. The van der Waals surface area contributed by atoms with Gasteiger partial charge in [0.1, 0.15) is 11.6 Å². The Labute approximate surface area is 177 Å². The predicted molar refractivity (Wildman–Crippen MR) is 124 cm³/mol. The van der Waals surface area contributed by atoms with Gasteiger partial charge in [0.2, 0.25) is 0 Å². The van der Waals surface area contributed by atoms with Crippen LogP contribution in [0.15, 0.2) is 18.2 Å². The highest BCUT2D eigenvalue weighted by Crippen LogP contribution is 2.31. The van der Waals surface area contributed by atoms with Gasteiger partial charge in [-0.25, -0.2) is 0 Å². The quantitative estimate of drug-likeness (QED) is 0.227. The van der Waals surface area contributed by atoms with Gasteiger partial charge < -0.3 is 20.9 Å². The fraction of sp³-hybridized carbons (Fsp3) is 0.636. The van der Waals surface area contributed by atoms with Crippen LogP contribution >= 0.6 is 0 Å². The van der Waals surface area contributed by atoms with Crippen LogP contribution in [-0.4, -0.2) is 39.2 Å². The zero-order valence-corrected chi connectivity index (χ0v) is 19.6. The molecule has 1 atom stereocenters. The fourth-order valence-corrected chi connectivity index (χ4v) is 2.92. The summed E-state index contributed by atoms with van der Waals surface area (Å²) in [6.07, 6.45) is 3.54. The number of ether oxygens (including phenoxy) is 2. The monoisotopic (exact) mass is 409 g/mol. The molecule has 1 rings (SSSR count). The Hall–Kier alpha value is -2.12. The molecule has 7 heteroatoms. The molecule has 1 unspecified atom stereocenters. The zero-order chi connectivity index (χ0) is 23.0. The minimum absolute atomic E-state index is 0.0697. The van der Waals surface area contributed by atoms with Crippen LogP contribution in [0.3, 0.4) is 0 Å². The highest BCUT2D eigenvalue weighted by Gasteiger charge is 2.23. The molecule has 0 saturated heterocycles. The van der Waals surface area contributed by atoms with Gasteiger partial charge in [0.15, 0.2) is 12.1 Å². The summed E-state index contributed by atoms with van der Waals surface area (Å²) in [6.45, 7) is 10.1. The van der Waals surface area contributed by atoms with Gasteiger partial charge in [-0.05, 0) is 62.5 Å². The number of rotatable bonds is 10. The van der Waals surface area contributed by atoms with Gasteiger partial charge in [0.25, 0.3) is 0 Å². The molecule has 7 nitrogen and oxygen atoms in total. The lowest BCUT2D eigenvalue weighted by Gasteiger charge is -2.29. The first kappa shape index (κ1) is 29.1. The molecule has 29 heavy (non-hydrogen) atoms. The molecule has 0 aliphatic carbocycles. The molecule has 0 aliphatic heterocycles. The number of nitrogen functional groups attached to an aromatic ring is 1. The number of benzene rings is 1. The number of nitrogens with one attached hydrogen (secondary N) is 3. The summed E-state index contributed by atoms with van der Waals surface area (Å²) in [5.41, 5.74) is 12.0. The molecule has 0 amide bonds. The molecule has 1 aromatic carbocycles. The van der Waals surface area contributed by atoms with Crippen LogP contribution in [0.1, 0.15) is 65.0 Å². The van der Waals surface area contributed by atoms with E-state index in [9.17, 15) is 0 Å². The van der Waals surface area contributed by atoms with Crippen molar-refractivity contribution in [1.82, 2.24) is 5.32 Å². The molecule has 0 bridgehead atoms. The maximum atomic E-state index is 7.59. The number of aryl methyl sites for hydroxylation is 1. The first-order valence-corrected chi connectivity index (χ1v) is 10.2. The van der Waals surface area contributed by atoms with E-state index in [1.165, 1.54) is 7.05 Å². The number of amidine groups is 1. The Bertz CT molecular complexity index is 603. The molecule has 0 saturated carbocycles. The third-order valence-corrected chi connectivity index (χ3v) is 4.27. The first-order chi connectivity index (χ1) is 13.7. The van der Waals surface area contributed by atoms with Gasteiger partial charge in [-0.15, -0.1) is 0 Å². The van der Waals surface area contributed by atoms with Crippen molar-refractivity contribution >= 4 is 11.7 Å². The van der Waals surface area contributed by atoms with Gasteiger partial charge in [-0.2, -0.15) is 0 Å². The van der Waals surface area contributed by atoms with Crippen molar-refractivity contribution in [2.75, 3.05) is 21.2 Å². The molecular weight excluding hydrogens is 366 g/mol. The zero-order valence-electron chi connectivity index (χ0n) is 19.6. The molecule has 0 heterocycles. The van der Waals surface area contributed by atoms with Crippen LogP contribution in [0.4, 0.5) is 0 Å². The third-order valence-electron chi connectivity index (χ3n) is 4.27. The summed E-state index contributed by atoms with van der Waals surface area (Å²) in [5.74, 6) is 1.12. The van der Waals surface area contributed by atoms with Crippen molar-refractivity contribution in [3.05, 3.63) is 29.3 Å². The minimum Gasteiger partial charge on any atom is -0.496 e. The van der Waals surface area contributed by atoms with Gasteiger partial charge in [0.05, 0.1) is 7.11 Å². The summed E-state index contributed by atoms with van der Waals surface area (Å²) in [4.78, 5) is 0. The minimum atomic E-state index is -0.150. The molecule has 0 aliphatic rings. The molecule has 7 N–H and O–H groups in total. The highest BCUT2D eigenvalue weighted by molar-refractivity contribution is 5.95. The van der Waals surface area contributed by atoms with E-state index in [2.05, 4.69) is 24.9 Å². The lowest BCUT2D eigenvalue weighted by Crippen LogP contribution is -2.34. The Morgan fingerprint density at radius 1 is 1.21 bits per heavy atom. The second-order valence-electron chi connectivity index (χ2n) is 7.11. The first-order valence-electron chi connectivity index (χ1n) is 10.2. The second kappa shape index (κ2) is 15.8. The van der Waals surface area contributed by atoms with Crippen molar-refractivity contribution in [3.8, 4) is 5.75 Å². The Balaban J connectivity index is 0. The maximum Gasteiger partial charge on any atom is 0.179 e. The van der Waals surface area contributed by atoms with Gasteiger partial charge in [-0.1, -0.05) is 27.7 Å². The number of hydrogen-bond acceptors (Lipinski definition) is 6. The lowest BCUT2D eigenvalue weighted by atomic mass is 9.82. The van der Waals surface area contributed by atoms with Gasteiger partial charge >= 0.3 is 0 Å². The van der Waals surface area contributed by atoms with Gasteiger partial charge in [0, 0.05) is 18.9 Å². The number of nitrogens with two attached hydrogens (primary N) is 2. The number of methoxy groups -OCH3 is 1. The summed E-state index contributed by atoms with van der Waals surface area (Å²) < 4.78 is 10.9. The van der Waals surface area contributed by atoms with Crippen LogP contribution < -0.4 is 21.5 Å². The van der Waals surface area contributed by atoms with Gasteiger partial charge in [-0.3, -0.25) is 16.1 Å². The van der Waals surface area contributed by atoms with Crippen LogP contribution in [-0.2, 0) is 11.2 Å². The van der Waals surface area contributed by atoms with Crippen LogP contribution in [0.25, 0.3) is 0 Å². The van der Waals surface area contributed by atoms with Crippen LogP contribution in [0.2, 0.25) is 0 Å². The standard InChI is InChI=1S/C19H32N4O2.C2H6.CH5N/c1-13(20)25-17(23-4)12-19(2,3)10-6-7-14-11-15(18(21)22)8-9-16(14)24-5;2*1-2/h8-9,11,17,20,23H,6-7,10,12H2,1-5H3,(H3,21,22);1-2H3;2H2,1H3. The van der Waals surface area contributed by atoms with E-state index in [0.29, 0.717) is 0 Å². The Morgan fingerprint density at radius 3 is 2.24 bits per heavy atom. The molecule has 0 radical (unpaired) electrons. The Kier molecular flexibility index (Phi) is 15.8. The molecule has 0 aromatic heterocycles. The topological polar surface area (TPSA) is 130 Å². The van der Waals surface area contributed by atoms with Crippen molar-refractivity contribution in [2.45, 2.75) is 66.5 Å². The van der Waals surface area contributed by atoms with E-state index >= 15 is 0 Å². The number of hydrogen-bond donors (Lipinski definition) is 5. The molecular formula is C22H43N5O2. The molecule has 168 valence electrons. The average molecular weight is 410 g/mol. The fourth-order valence-electron chi connectivity index (χ4n) is 2.92. The van der Waals surface area contributed by atoms with E-state index in [-0.39, 0.29) is 23.4 Å². The predicted octanol–water partition coefficient (Wildman–Crippen LogP) is 3.88. The van der Waals surface area contributed by atoms with Crippen LogP contribution in [0, 0.1) is 16.2 Å². The van der Waals surface area contributed by atoms with E-state index in [1.807, 2.05) is 39.1 Å². The van der Waals surface area contributed by atoms with E-state index in [1.54, 1.807) is 14.0 Å². The smallest absolute Gasteiger partial charge is 0.179 e. The van der Waals surface area contributed by atoms with Crippen molar-refractivity contribution in [2.24, 2.45) is 16.9 Å². The summed E-state index contributed by atoms with van der Waals surface area (Å²) >= 11 is 0. The van der Waals surface area contributed by atoms with E-state index in [4.69, 9.17) is 26.0 Å². The largest absolute Gasteiger partial charge is 0.496 e. The molecule has 0 fully saturated rings. The van der Waals surface area contributed by atoms with Crippen LogP contribution in [0.5, 0.6) is 5.75 Å². The Morgan fingerprint density at radius 2 is 1.79 bits per heavy atom. The highest BCUT2D eigenvalue weighted by atomic mass is 16.5. The SMILES string of the molecule is CC.CN.CNC(CC(C)(C)CCCc1cc(C(=N)N)ccc1OC)OC(C)=N. The van der Waals surface area contributed by atoms with Crippen molar-refractivity contribution in [3.63, 3.8) is 0 Å². The summed E-state index contributed by atoms with van der Waals surface area (Å²) in [5, 5.41) is 18.2. The normalized spacial score (nSPS) is 11.2. The molecule has 0 spiro atoms. The third kappa shape index (κ3) is 12.1. The van der Waals surface area contributed by atoms with E-state index < -0.39 is 0 Å². The van der Waals surface area contributed by atoms with Crippen molar-refractivity contribution < 1.29 is 9.47 Å². The second-order valence-corrected chi connectivity index (χ2v) is 7.11. The lowest BCUT2D eigenvalue weighted by molar-refractivity contribution is 0.0956. The van der Waals surface area contributed by atoms with Crippen molar-refractivity contribution in [1.29, 1.82) is 10.8 Å². The summed E-state index contributed by atoms with van der Waals surface area (Å²) in [7, 11) is 5.01. The maximum absolute atomic E-state index is 7.59. The molecule has 1 aromatic rings. The van der Waals surface area contributed by atoms with E-state index in [0.717, 1.165) is 42.6 Å².